The van der Waals surface area contributed by atoms with Gasteiger partial charge in [0.2, 0.25) is 0 Å². The van der Waals surface area contributed by atoms with E-state index in [4.69, 9.17) is 0 Å². The summed E-state index contributed by atoms with van der Waals surface area (Å²) in [5.41, 5.74) is 6.57. The molecule has 0 radical (unpaired) electrons. The van der Waals surface area contributed by atoms with Gasteiger partial charge in [-0.1, -0.05) is 29.8 Å². The Balaban J connectivity index is 2.18. The molecule has 3 rings (SSSR count). The zero-order valence-corrected chi connectivity index (χ0v) is 12.1. The van der Waals surface area contributed by atoms with Crippen molar-refractivity contribution in [1.29, 1.82) is 0 Å². The Hall–Kier alpha value is -1.12. The predicted molar refractivity (Wildman–Crippen MR) is 81.4 cm³/mol. The molecule has 2 heteroatoms. The van der Waals surface area contributed by atoms with Crippen molar-refractivity contribution in [3.63, 3.8) is 0 Å². The van der Waals surface area contributed by atoms with Crippen molar-refractivity contribution in [2.45, 2.75) is 31.1 Å². The molecule has 0 atom stereocenters. The molecule has 2 aliphatic carbocycles. The van der Waals surface area contributed by atoms with Gasteiger partial charge in [0.1, 0.15) is 0 Å². The van der Waals surface area contributed by atoms with Crippen LogP contribution in [-0.4, -0.2) is 27.2 Å². The van der Waals surface area contributed by atoms with Crippen molar-refractivity contribution in [2.75, 3.05) is 27.2 Å². The van der Waals surface area contributed by atoms with E-state index in [0.29, 0.717) is 0 Å². The first kappa shape index (κ1) is 12.9. The van der Waals surface area contributed by atoms with Gasteiger partial charge >= 0.3 is 0 Å². The first-order valence-corrected chi connectivity index (χ1v) is 7.45. The minimum Gasteiger partial charge on any atom is -0.318 e. The Kier molecular flexibility index (Phi) is 3.46. The third-order valence-electron chi connectivity index (χ3n) is 4.77. The summed E-state index contributed by atoms with van der Waals surface area (Å²) >= 11 is 0. The summed E-state index contributed by atoms with van der Waals surface area (Å²) in [7, 11) is 4.14. The summed E-state index contributed by atoms with van der Waals surface area (Å²) in [5.74, 6) is 0. The van der Waals surface area contributed by atoms with Crippen LogP contribution in [0.3, 0.4) is 0 Å². The Morgan fingerprint density at radius 1 is 1.00 bits per heavy atom. The fourth-order valence-electron chi connectivity index (χ4n) is 4.13. The maximum absolute atomic E-state index is 3.44. The minimum atomic E-state index is 0.176. The monoisotopic (exact) mass is 256 g/mol. The molecular weight excluding hydrogens is 232 g/mol. The predicted octanol–water partition coefficient (Wildman–Crippen LogP) is 2.70. The molecule has 0 aromatic heterocycles. The van der Waals surface area contributed by atoms with Crippen molar-refractivity contribution in [3.8, 4) is 0 Å². The first-order valence-electron chi connectivity index (χ1n) is 7.45. The number of fused-ring (bicyclic) bond motifs is 2. The molecule has 102 valence electrons. The highest BCUT2D eigenvalue weighted by molar-refractivity contribution is 5.81. The highest BCUT2D eigenvalue weighted by atomic mass is 14.9. The lowest BCUT2D eigenvalue weighted by Gasteiger charge is -2.35. The molecule has 2 nitrogen and oxygen atoms in total. The van der Waals surface area contributed by atoms with Crippen LogP contribution in [0.25, 0.3) is 5.57 Å². The molecule has 0 saturated heterocycles. The number of benzene rings is 1. The highest BCUT2D eigenvalue weighted by Gasteiger charge is 2.44. The Bertz CT molecular complexity index is 496. The van der Waals surface area contributed by atoms with E-state index in [-0.39, 0.29) is 5.41 Å². The van der Waals surface area contributed by atoms with Crippen LogP contribution in [0.4, 0.5) is 0 Å². The zero-order chi connectivity index (χ0) is 13.3. The minimum absolute atomic E-state index is 0.176. The van der Waals surface area contributed by atoms with Crippen molar-refractivity contribution < 1.29 is 0 Å². The van der Waals surface area contributed by atoms with Crippen LogP contribution >= 0.6 is 0 Å². The summed E-state index contributed by atoms with van der Waals surface area (Å²) in [6.45, 7) is 2.06. The molecule has 0 amide bonds. The fraction of sp³-hybridized carbons (Fsp3) is 0.529. The molecule has 0 unspecified atom stereocenters. The molecule has 19 heavy (non-hydrogen) atoms. The molecule has 0 heterocycles. The molecule has 1 aromatic rings. The second-order valence-electron chi connectivity index (χ2n) is 5.85. The van der Waals surface area contributed by atoms with Crippen molar-refractivity contribution in [3.05, 3.63) is 41.0 Å². The van der Waals surface area contributed by atoms with E-state index >= 15 is 0 Å². The topological polar surface area (TPSA) is 24.1 Å². The summed E-state index contributed by atoms with van der Waals surface area (Å²) < 4.78 is 0. The third-order valence-corrected chi connectivity index (χ3v) is 4.77. The number of likely N-dealkylation sites (N-methyl/N-ethyl adjacent to an activating group) is 2. The van der Waals surface area contributed by atoms with E-state index in [1.54, 1.807) is 11.1 Å². The van der Waals surface area contributed by atoms with Crippen LogP contribution in [0.1, 0.15) is 36.8 Å². The summed E-state index contributed by atoms with van der Waals surface area (Å²) in [6.07, 6.45) is 5.24. The van der Waals surface area contributed by atoms with Crippen molar-refractivity contribution in [2.24, 2.45) is 0 Å². The molecule has 0 spiro atoms. The fourth-order valence-corrected chi connectivity index (χ4v) is 4.13. The van der Waals surface area contributed by atoms with Gasteiger partial charge in [-0.25, -0.2) is 0 Å². The SMILES string of the molecule is CNCC1(CNC)C2=C(CCCC2)c2ccccc21. The Morgan fingerprint density at radius 2 is 1.68 bits per heavy atom. The number of allylic oxidation sites excluding steroid dienone is 1. The second kappa shape index (κ2) is 5.10. The summed E-state index contributed by atoms with van der Waals surface area (Å²) in [5, 5.41) is 6.87. The van der Waals surface area contributed by atoms with Crippen molar-refractivity contribution >= 4 is 5.57 Å². The summed E-state index contributed by atoms with van der Waals surface area (Å²) in [6, 6.07) is 9.04. The number of nitrogens with one attached hydrogen (secondary N) is 2. The molecule has 0 aliphatic heterocycles. The maximum atomic E-state index is 3.44. The third kappa shape index (κ3) is 1.86. The molecule has 0 bridgehead atoms. The smallest absolute Gasteiger partial charge is 0.0422 e. The maximum Gasteiger partial charge on any atom is 0.0422 e. The van der Waals surface area contributed by atoms with Crippen LogP contribution < -0.4 is 10.6 Å². The highest BCUT2D eigenvalue weighted by Crippen LogP contribution is 2.51. The van der Waals surface area contributed by atoms with E-state index in [2.05, 4.69) is 49.0 Å². The van der Waals surface area contributed by atoms with E-state index < -0.39 is 0 Å². The van der Waals surface area contributed by atoms with E-state index in [0.717, 1.165) is 13.1 Å². The molecule has 2 aliphatic rings. The van der Waals surface area contributed by atoms with Crippen molar-refractivity contribution in [1.82, 2.24) is 10.6 Å². The molecule has 0 fully saturated rings. The van der Waals surface area contributed by atoms with E-state index in [9.17, 15) is 0 Å². The standard InChI is InChI=1S/C17H24N2/c1-18-11-17(12-19-2)15-9-5-3-7-13(15)14-8-4-6-10-16(14)17/h3,5,7,9,18-19H,4,6,8,10-12H2,1-2H3. The van der Waals surface area contributed by atoms with Gasteiger partial charge in [0.15, 0.2) is 0 Å². The van der Waals surface area contributed by atoms with Crippen LogP contribution in [0.15, 0.2) is 29.8 Å². The van der Waals surface area contributed by atoms with Gasteiger partial charge in [-0.2, -0.15) is 0 Å². The molecular formula is C17H24N2. The van der Waals surface area contributed by atoms with Crippen LogP contribution in [-0.2, 0) is 5.41 Å². The Labute approximate surface area is 116 Å². The lowest BCUT2D eigenvalue weighted by Crippen LogP contribution is -2.45. The second-order valence-corrected chi connectivity index (χ2v) is 5.85. The molecule has 0 saturated carbocycles. The van der Waals surface area contributed by atoms with Gasteiger partial charge in [0.25, 0.3) is 0 Å². The lowest BCUT2D eigenvalue weighted by molar-refractivity contribution is 0.441. The van der Waals surface area contributed by atoms with E-state index in [1.165, 1.54) is 36.8 Å². The average molecular weight is 256 g/mol. The van der Waals surface area contributed by atoms with Gasteiger partial charge < -0.3 is 10.6 Å². The van der Waals surface area contributed by atoms with Gasteiger partial charge in [0.05, 0.1) is 0 Å². The number of hydrogen-bond donors (Lipinski definition) is 2. The van der Waals surface area contributed by atoms with Crippen LogP contribution in [0.5, 0.6) is 0 Å². The quantitative estimate of drug-likeness (QED) is 0.865. The summed E-state index contributed by atoms with van der Waals surface area (Å²) in [4.78, 5) is 0. The largest absolute Gasteiger partial charge is 0.318 e. The molecule has 2 N–H and O–H groups in total. The average Bonchev–Trinajstić information content (AvgIpc) is 2.72. The van der Waals surface area contributed by atoms with Gasteiger partial charge in [0, 0.05) is 18.5 Å². The normalized spacial score (nSPS) is 20.3. The number of hydrogen-bond acceptors (Lipinski definition) is 2. The lowest BCUT2D eigenvalue weighted by atomic mass is 9.74. The van der Waals surface area contributed by atoms with Gasteiger partial charge in [-0.3, -0.25) is 0 Å². The van der Waals surface area contributed by atoms with Crippen LogP contribution in [0.2, 0.25) is 0 Å². The van der Waals surface area contributed by atoms with Crippen LogP contribution in [0, 0.1) is 0 Å². The Morgan fingerprint density at radius 3 is 2.42 bits per heavy atom. The first-order chi connectivity index (χ1) is 9.33. The van der Waals surface area contributed by atoms with Gasteiger partial charge in [-0.05, 0) is 56.5 Å². The molecule has 1 aromatic carbocycles. The number of rotatable bonds is 4. The van der Waals surface area contributed by atoms with E-state index in [1.807, 2.05) is 0 Å². The van der Waals surface area contributed by atoms with Gasteiger partial charge in [-0.15, -0.1) is 0 Å². The zero-order valence-electron chi connectivity index (χ0n) is 12.1.